The molecule has 0 bridgehead atoms. The maximum absolute atomic E-state index is 12.7. The summed E-state index contributed by atoms with van der Waals surface area (Å²) in [5.41, 5.74) is 0.517. The molecule has 1 aromatic rings. The molecule has 0 radical (unpaired) electrons. The average molecular weight is 350 g/mol. The van der Waals surface area contributed by atoms with E-state index >= 15 is 0 Å². The van der Waals surface area contributed by atoms with Gasteiger partial charge in [-0.05, 0) is 37.5 Å². The number of carbonyl (C=O) groups excluding carboxylic acids is 1. The molecule has 6 nitrogen and oxygen atoms in total. The van der Waals surface area contributed by atoms with Crippen molar-refractivity contribution in [2.75, 3.05) is 31.6 Å². The molecule has 2 aliphatic rings. The number of benzene rings is 1. The molecule has 1 aliphatic heterocycles. The number of carbonyl (C=O) groups is 1. The van der Waals surface area contributed by atoms with E-state index in [0.29, 0.717) is 32.0 Å². The van der Waals surface area contributed by atoms with Crippen molar-refractivity contribution in [3.63, 3.8) is 0 Å². The van der Waals surface area contributed by atoms with Crippen molar-refractivity contribution in [2.24, 2.45) is 5.92 Å². The van der Waals surface area contributed by atoms with E-state index in [1.54, 1.807) is 18.2 Å². The van der Waals surface area contributed by atoms with Crippen LogP contribution in [0.5, 0.6) is 0 Å². The van der Waals surface area contributed by atoms with E-state index in [1.807, 2.05) is 6.08 Å². The molecule has 24 heavy (non-hydrogen) atoms. The summed E-state index contributed by atoms with van der Waals surface area (Å²) in [5, 5.41) is 2.85. The third kappa shape index (κ3) is 3.85. The Morgan fingerprint density at radius 3 is 2.71 bits per heavy atom. The lowest BCUT2D eigenvalue weighted by Gasteiger charge is -2.26. The smallest absolute Gasteiger partial charge is 0.243 e. The number of nitrogens with zero attached hydrogens (tertiary/aromatic N) is 1. The van der Waals surface area contributed by atoms with E-state index in [2.05, 4.69) is 11.4 Å². The summed E-state index contributed by atoms with van der Waals surface area (Å²) in [6, 6.07) is 6.46. The van der Waals surface area contributed by atoms with Crippen molar-refractivity contribution >= 4 is 21.6 Å². The predicted octanol–water partition coefficient (Wildman–Crippen LogP) is 2.00. The number of sulfonamides is 1. The van der Waals surface area contributed by atoms with Crippen LogP contribution in [0.3, 0.4) is 0 Å². The number of rotatable bonds is 4. The molecule has 1 aromatic carbocycles. The number of anilines is 1. The van der Waals surface area contributed by atoms with Gasteiger partial charge in [0.05, 0.1) is 18.1 Å². The Balaban J connectivity index is 1.73. The zero-order valence-electron chi connectivity index (χ0n) is 13.5. The van der Waals surface area contributed by atoms with Gasteiger partial charge in [0.15, 0.2) is 0 Å². The highest BCUT2D eigenvalue weighted by Gasteiger charge is 2.26. The first-order valence-corrected chi connectivity index (χ1v) is 9.65. The van der Waals surface area contributed by atoms with E-state index in [4.69, 9.17) is 4.74 Å². The summed E-state index contributed by atoms with van der Waals surface area (Å²) in [6.07, 6.45) is 6.57. The molecule has 1 atom stereocenters. The quantitative estimate of drug-likeness (QED) is 0.843. The first-order chi connectivity index (χ1) is 11.6. The molecule has 1 aliphatic carbocycles. The minimum Gasteiger partial charge on any atom is -0.379 e. The average Bonchev–Trinajstić information content (AvgIpc) is 2.63. The molecule has 0 aromatic heterocycles. The van der Waals surface area contributed by atoms with Gasteiger partial charge in [0, 0.05) is 24.7 Å². The van der Waals surface area contributed by atoms with Crippen LogP contribution < -0.4 is 5.32 Å². The first kappa shape index (κ1) is 17.1. The molecular weight excluding hydrogens is 328 g/mol. The molecule has 7 heteroatoms. The first-order valence-electron chi connectivity index (χ1n) is 8.21. The van der Waals surface area contributed by atoms with Crippen LogP contribution >= 0.6 is 0 Å². The van der Waals surface area contributed by atoms with Crippen molar-refractivity contribution < 1.29 is 17.9 Å². The molecule has 130 valence electrons. The Morgan fingerprint density at radius 2 is 2.00 bits per heavy atom. The van der Waals surface area contributed by atoms with Gasteiger partial charge in [0.25, 0.3) is 0 Å². The van der Waals surface area contributed by atoms with Crippen molar-refractivity contribution in [2.45, 2.75) is 24.2 Å². The molecule has 0 unspecified atom stereocenters. The van der Waals surface area contributed by atoms with Crippen molar-refractivity contribution in [1.82, 2.24) is 4.31 Å². The van der Waals surface area contributed by atoms with Crippen LogP contribution in [0.1, 0.15) is 19.3 Å². The number of allylic oxidation sites excluding steroid dienone is 2. The zero-order valence-corrected chi connectivity index (χ0v) is 14.3. The third-order valence-electron chi connectivity index (χ3n) is 4.35. The Bertz CT molecular complexity index is 724. The number of nitrogens with one attached hydrogen (secondary N) is 1. The van der Waals surface area contributed by atoms with Crippen molar-refractivity contribution in [3.8, 4) is 0 Å². The second-order valence-electron chi connectivity index (χ2n) is 6.01. The topological polar surface area (TPSA) is 75.7 Å². The fourth-order valence-electron chi connectivity index (χ4n) is 2.95. The van der Waals surface area contributed by atoms with Gasteiger partial charge in [-0.1, -0.05) is 18.2 Å². The summed E-state index contributed by atoms with van der Waals surface area (Å²) in [4.78, 5) is 12.5. The lowest BCUT2D eigenvalue weighted by Crippen LogP contribution is -2.40. The second-order valence-corrected chi connectivity index (χ2v) is 7.95. The van der Waals surface area contributed by atoms with Gasteiger partial charge in [-0.2, -0.15) is 4.31 Å². The highest BCUT2D eigenvalue weighted by molar-refractivity contribution is 7.89. The summed E-state index contributed by atoms with van der Waals surface area (Å²) >= 11 is 0. The normalized spacial score (nSPS) is 22.2. The largest absolute Gasteiger partial charge is 0.379 e. The third-order valence-corrected chi connectivity index (χ3v) is 6.24. The number of hydrogen-bond acceptors (Lipinski definition) is 4. The maximum Gasteiger partial charge on any atom is 0.243 e. The number of ether oxygens (including phenoxy) is 1. The molecule has 0 spiro atoms. The van der Waals surface area contributed by atoms with Gasteiger partial charge in [-0.25, -0.2) is 8.42 Å². The molecule has 1 N–H and O–H groups in total. The van der Waals surface area contributed by atoms with E-state index < -0.39 is 10.0 Å². The predicted molar refractivity (Wildman–Crippen MR) is 91.1 cm³/mol. The van der Waals surface area contributed by atoms with Gasteiger partial charge < -0.3 is 10.1 Å². The fourth-order valence-corrected chi connectivity index (χ4v) is 4.40. The lowest BCUT2D eigenvalue weighted by atomic mass is 9.93. The molecule has 1 fully saturated rings. The summed E-state index contributed by atoms with van der Waals surface area (Å²) in [5.74, 6) is -0.102. The zero-order chi connectivity index (χ0) is 17.0. The number of morpholine rings is 1. The van der Waals surface area contributed by atoms with E-state index in [1.165, 1.54) is 10.4 Å². The minimum atomic E-state index is -3.55. The van der Waals surface area contributed by atoms with E-state index in [0.717, 1.165) is 19.3 Å². The highest BCUT2D eigenvalue weighted by atomic mass is 32.2. The highest BCUT2D eigenvalue weighted by Crippen LogP contribution is 2.23. The van der Waals surface area contributed by atoms with Crippen LogP contribution in [0.2, 0.25) is 0 Å². The van der Waals surface area contributed by atoms with Crippen LogP contribution in [0.4, 0.5) is 5.69 Å². The van der Waals surface area contributed by atoms with Crippen LogP contribution in [-0.2, 0) is 19.6 Å². The molecular formula is C17H22N2O4S. The molecule has 1 heterocycles. The van der Waals surface area contributed by atoms with Crippen molar-refractivity contribution in [1.29, 1.82) is 0 Å². The number of hydrogen-bond donors (Lipinski definition) is 1. The SMILES string of the molecule is O=C(Nc1cccc(S(=O)(=O)N2CCOCC2)c1)[C@@H]1CC=CCC1. The standard InChI is InChI=1S/C17H22N2O4S/c20-17(14-5-2-1-3-6-14)18-15-7-4-8-16(13-15)24(21,22)19-9-11-23-12-10-19/h1-2,4,7-8,13-14H,3,5-6,9-12H2,(H,18,20)/t14-/m1/s1. The summed E-state index contributed by atoms with van der Waals surface area (Å²) in [6.45, 7) is 1.52. The van der Waals surface area contributed by atoms with E-state index in [-0.39, 0.29) is 16.7 Å². The van der Waals surface area contributed by atoms with E-state index in [9.17, 15) is 13.2 Å². The maximum atomic E-state index is 12.7. The van der Waals surface area contributed by atoms with Crippen LogP contribution in [0.15, 0.2) is 41.3 Å². The molecule has 1 saturated heterocycles. The van der Waals surface area contributed by atoms with Crippen LogP contribution in [0.25, 0.3) is 0 Å². The summed E-state index contributed by atoms with van der Waals surface area (Å²) in [7, 11) is -3.55. The molecule has 1 amide bonds. The number of amides is 1. The Hall–Kier alpha value is -1.70. The van der Waals surface area contributed by atoms with Crippen LogP contribution in [-0.4, -0.2) is 44.9 Å². The van der Waals surface area contributed by atoms with Gasteiger partial charge >= 0.3 is 0 Å². The van der Waals surface area contributed by atoms with Gasteiger partial charge in [0.1, 0.15) is 0 Å². The van der Waals surface area contributed by atoms with Gasteiger partial charge in [-0.3, -0.25) is 4.79 Å². The molecule has 0 saturated carbocycles. The fraction of sp³-hybridized carbons (Fsp3) is 0.471. The monoisotopic (exact) mass is 350 g/mol. The minimum absolute atomic E-state index is 0.0468. The summed E-state index contributed by atoms with van der Waals surface area (Å²) < 4.78 is 32.0. The molecule has 3 rings (SSSR count). The second kappa shape index (κ2) is 7.46. The van der Waals surface area contributed by atoms with Gasteiger partial charge in [0.2, 0.25) is 15.9 Å². The Morgan fingerprint density at radius 1 is 1.21 bits per heavy atom. The van der Waals surface area contributed by atoms with Crippen LogP contribution in [0, 0.1) is 5.92 Å². The van der Waals surface area contributed by atoms with Crippen molar-refractivity contribution in [3.05, 3.63) is 36.4 Å². The Labute approximate surface area is 142 Å². The Kier molecular flexibility index (Phi) is 5.33. The lowest BCUT2D eigenvalue weighted by molar-refractivity contribution is -0.120. The van der Waals surface area contributed by atoms with Gasteiger partial charge in [-0.15, -0.1) is 0 Å².